The number of carbonyl (C=O) groups excluding carboxylic acids is 1. The van der Waals surface area contributed by atoms with Crippen molar-refractivity contribution in [1.82, 2.24) is 19.9 Å². The molecule has 2 fully saturated rings. The van der Waals surface area contributed by atoms with E-state index in [-0.39, 0.29) is 36.1 Å². The lowest BCUT2D eigenvalue weighted by molar-refractivity contribution is -0.139. The van der Waals surface area contributed by atoms with Crippen LogP contribution in [-0.2, 0) is 33.1 Å². The van der Waals surface area contributed by atoms with Gasteiger partial charge in [-0.2, -0.15) is 13.2 Å². The summed E-state index contributed by atoms with van der Waals surface area (Å²) in [6.07, 6.45) is -4.82. The van der Waals surface area contributed by atoms with Gasteiger partial charge in [0.2, 0.25) is 10.0 Å². The van der Waals surface area contributed by atoms with Crippen molar-refractivity contribution < 1.29 is 61.4 Å². The monoisotopic (exact) mass is 796 g/mol. The van der Waals surface area contributed by atoms with Crippen molar-refractivity contribution >= 4 is 16.1 Å². The molecule has 0 radical (unpaired) electrons. The molecular weight excluding hydrogens is 749 g/mol. The number of alkyl halides is 3. The number of rotatable bonds is 20. The second-order valence-corrected chi connectivity index (χ2v) is 15.8. The fourth-order valence-corrected chi connectivity index (χ4v) is 7.26. The van der Waals surface area contributed by atoms with Crippen LogP contribution >= 0.6 is 0 Å². The maximum atomic E-state index is 14.2. The number of sulfonamides is 1. The zero-order chi connectivity index (χ0) is 40.0. The number of hydrogen-bond acceptors (Lipinski definition) is 11. The van der Waals surface area contributed by atoms with Crippen molar-refractivity contribution in [2.75, 3.05) is 33.3 Å². The van der Waals surface area contributed by atoms with Gasteiger partial charge in [0.1, 0.15) is 24.1 Å². The molecule has 0 saturated heterocycles. The minimum Gasteiger partial charge on any atom is -0.490 e. The van der Waals surface area contributed by atoms with E-state index in [1.807, 2.05) is 30.3 Å². The third-order valence-electron chi connectivity index (χ3n) is 9.59. The molecule has 1 heterocycles. The summed E-state index contributed by atoms with van der Waals surface area (Å²) in [5.74, 6) is 0.695. The van der Waals surface area contributed by atoms with E-state index in [9.17, 15) is 46.8 Å². The zero-order valence-corrected chi connectivity index (χ0v) is 31.0. The number of pyridine rings is 1. The van der Waals surface area contributed by atoms with Gasteiger partial charge in [0.05, 0.1) is 41.5 Å². The first-order valence-corrected chi connectivity index (χ1v) is 19.4. The summed E-state index contributed by atoms with van der Waals surface area (Å²) < 4.78 is 83.0. The number of nitrogens with one attached hydrogen (secondary N) is 2. The largest absolute Gasteiger partial charge is 0.490 e. The summed E-state index contributed by atoms with van der Waals surface area (Å²) in [5, 5.41) is 52.4. The summed E-state index contributed by atoms with van der Waals surface area (Å²) in [6.45, 7) is -1.78. The molecule has 18 heteroatoms. The molecule has 4 atom stereocenters. The topological polar surface area (TPSA) is 211 Å². The Balaban J connectivity index is 1.19. The van der Waals surface area contributed by atoms with Crippen LogP contribution in [0.15, 0.2) is 65.8 Å². The molecule has 1 aromatic heterocycles. The van der Waals surface area contributed by atoms with Crippen LogP contribution in [-0.4, -0.2) is 113 Å². The lowest BCUT2D eigenvalue weighted by Crippen LogP contribution is -2.50. The fraction of sp³-hybridized carbons (Fsp3) is 0.514. The summed E-state index contributed by atoms with van der Waals surface area (Å²) in [6, 6.07) is 11.3. The summed E-state index contributed by atoms with van der Waals surface area (Å²) in [5.41, 5.74) is 0.0478. The first kappa shape index (κ1) is 42.3. The second-order valence-electron chi connectivity index (χ2n) is 13.8. The van der Waals surface area contributed by atoms with Crippen LogP contribution in [0, 0.1) is 0 Å². The van der Waals surface area contributed by atoms with Crippen molar-refractivity contribution in [3.63, 3.8) is 0 Å². The van der Waals surface area contributed by atoms with Gasteiger partial charge >= 0.3 is 12.2 Å². The molecule has 14 nitrogen and oxygen atoms in total. The minimum atomic E-state index is -4.77. The molecule has 3 aromatic rings. The van der Waals surface area contributed by atoms with E-state index in [0.29, 0.717) is 30.6 Å². The predicted octanol–water partition coefficient (Wildman–Crippen LogP) is 2.65. The molecule has 2 saturated carbocycles. The van der Waals surface area contributed by atoms with Crippen LogP contribution < -0.4 is 15.4 Å². The van der Waals surface area contributed by atoms with E-state index in [1.54, 1.807) is 12.4 Å². The van der Waals surface area contributed by atoms with E-state index in [0.717, 1.165) is 46.5 Å². The number of nitrogens with zero attached hydrogens (tertiary/aromatic N) is 2. The van der Waals surface area contributed by atoms with E-state index >= 15 is 0 Å². The quantitative estimate of drug-likeness (QED) is 0.0827. The van der Waals surface area contributed by atoms with E-state index in [1.165, 1.54) is 7.05 Å². The van der Waals surface area contributed by atoms with Gasteiger partial charge in [0, 0.05) is 50.2 Å². The summed E-state index contributed by atoms with van der Waals surface area (Å²) in [7, 11) is -2.93. The molecule has 7 N–H and O–H groups in total. The summed E-state index contributed by atoms with van der Waals surface area (Å²) >= 11 is 0. The Hall–Kier alpha value is -3.88. The highest BCUT2D eigenvalue weighted by Crippen LogP contribution is 2.53. The molecular formula is C37H47F3N4O10S. The number of urea groups is 1. The Morgan fingerprint density at radius 1 is 1.00 bits per heavy atom. The molecule has 2 aliphatic rings. The van der Waals surface area contributed by atoms with Gasteiger partial charge in [-0.3, -0.25) is 4.98 Å². The van der Waals surface area contributed by atoms with Crippen LogP contribution in [0.5, 0.6) is 5.75 Å². The van der Waals surface area contributed by atoms with Crippen LogP contribution in [0.1, 0.15) is 55.2 Å². The Morgan fingerprint density at radius 2 is 1.71 bits per heavy atom. The normalized spacial score (nSPS) is 17.6. The van der Waals surface area contributed by atoms with Crippen molar-refractivity contribution in [1.29, 1.82) is 0 Å². The van der Waals surface area contributed by atoms with Gasteiger partial charge in [-0.25, -0.2) is 17.5 Å². The Kier molecular flexibility index (Phi) is 13.8. The molecule has 55 heavy (non-hydrogen) atoms. The minimum absolute atomic E-state index is 0.0205. The molecule has 5 rings (SSSR count). The highest BCUT2D eigenvalue weighted by Gasteiger charge is 2.48. The number of benzene rings is 2. The van der Waals surface area contributed by atoms with Gasteiger partial charge < -0.3 is 45.6 Å². The van der Waals surface area contributed by atoms with Gasteiger partial charge in [-0.1, -0.05) is 18.2 Å². The highest BCUT2D eigenvalue weighted by molar-refractivity contribution is 7.89. The number of unbranched alkanes of at least 4 members (excludes halogenated alkanes) is 1. The molecule has 0 aliphatic heterocycles. The van der Waals surface area contributed by atoms with Crippen molar-refractivity contribution in [2.45, 2.75) is 92.3 Å². The third-order valence-corrected chi connectivity index (χ3v) is 11.4. The number of aliphatic hydroxyl groups is 5. The van der Waals surface area contributed by atoms with Crippen molar-refractivity contribution in [3.8, 4) is 16.9 Å². The van der Waals surface area contributed by atoms with E-state index in [2.05, 4.69) is 15.6 Å². The average molecular weight is 797 g/mol. The number of ether oxygens (including phenoxy) is 2. The highest BCUT2D eigenvalue weighted by atomic mass is 32.2. The van der Waals surface area contributed by atoms with Crippen LogP contribution in [0.4, 0.5) is 18.0 Å². The molecule has 0 spiro atoms. The lowest BCUT2D eigenvalue weighted by Gasteiger charge is -2.25. The Labute approximate surface area is 317 Å². The van der Waals surface area contributed by atoms with Crippen molar-refractivity contribution in [3.05, 3.63) is 77.6 Å². The van der Waals surface area contributed by atoms with E-state index in [4.69, 9.17) is 14.6 Å². The lowest BCUT2D eigenvalue weighted by atomic mass is 9.96. The van der Waals surface area contributed by atoms with Gasteiger partial charge in [-0.15, -0.1) is 0 Å². The van der Waals surface area contributed by atoms with Crippen LogP contribution in [0.3, 0.4) is 0 Å². The second kappa shape index (κ2) is 17.9. The van der Waals surface area contributed by atoms with Gasteiger partial charge in [0.15, 0.2) is 0 Å². The SMILES string of the molecule is CN(CCCCNC(=O)NC[C@H](O)[C@@H](O)[C@H](O)[C@H](O)CO)S(=O)(=O)c1ccc(C(F)(F)F)c(COC2(c3cnccc3-c3ccccc3OC3CC3)CC2)c1. The van der Waals surface area contributed by atoms with Crippen LogP contribution in [0.2, 0.25) is 0 Å². The zero-order valence-electron chi connectivity index (χ0n) is 30.2. The molecule has 2 aromatic carbocycles. The van der Waals surface area contributed by atoms with E-state index < -0.39 is 77.6 Å². The molecule has 2 aliphatic carbocycles. The number of halogens is 3. The number of carbonyl (C=O) groups is 1. The number of aromatic nitrogens is 1. The van der Waals surface area contributed by atoms with Gasteiger partial charge in [0.25, 0.3) is 0 Å². The maximum absolute atomic E-state index is 14.2. The third kappa shape index (κ3) is 10.7. The first-order chi connectivity index (χ1) is 26.1. The number of amides is 2. The fourth-order valence-electron chi connectivity index (χ4n) is 6.00. The predicted molar refractivity (Wildman–Crippen MR) is 192 cm³/mol. The number of para-hydroxylation sites is 1. The van der Waals surface area contributed by atoms with Gasteiger partial charge in [-0.05, 0) is 80.0 Å². The molecule has 302 valence electrons. The van der Waals surface area contributed by atoms with Crippen LogP contribution in [0.25, 0.3) is 11.1 Å². The number of aliphatic hydroxyl groups excluding tert-OH is 5. The standard InChI is InChI=1S/C37H47F3N4O10S/c1-44(17-5-4-15-42-35(50)43-20-30(46)33(48)34(49)31(47)21-45)55(51,52)25-10-11-28(37(38,39)40)23(18-25)22-53-36(13-14-36)29-19-41-16-12-26(29)27-6-2-3-7-32(27)54-24-8-9-24/h2-3,6-7,10-12,16,18-19,24,30-31,33-34,45-49H,4-5,8-9,13-15,17,20-22H2,1H3,(H2,42,43,50)/t30-,31+,33+,34+/m0/s1. The first-order valence-electron chi connectivity index (χ1n) is 17.9. The smallest absolute Gasteiger partial charge is 0.416 e. The Bertz CT molecular complexity index is 1880. The van der Waals surface area contributed by atoms with Crippen molar-refractivity contribution in [2.24, 2.45) is 0 Å². The summed E-state index contributed by atoms with van der Waals surface area (Å²) in [4.78, 5) is 16.0. The average Bonchev–Trinajstić information content (AvgIpc) is 4.12. The number of hydrogen-bond donors (Lipinski definition) is 7. The molecule has 0 bridgehead atoms. The maximum Gasteiger partial charge on any atom is 0.416 e. The molecule has 2 amide bonds. The Morgan fingerprint density at radius 3 is 2.38 bits per heavy atom. The molecule has 0 unspecified atom stereocenters.